The molecule has 5 heteroatoms. The molecule has 1 aromatic rings. The number of carbonyl (C=O) groups excluding carboxylic acids is 2. The van der Waals surface area contributed by atoms with Crippen molar-refractivity contribution in [3.05, 3.63) is 35.9 Å². The first kappa shape index (κ1) is 20.7. The number of hydrogen-bond donors (Lipinski definition) is 0. The van der Waals surface area contributed by atoms with E-state index in [9.17, 15) is 9.59 Å². The van der Waals surface area contributed by atoms with Crippen LogP contribution in [0.5, 0.6) is 0 Å². The van der Waals surface area contributed by atoms with Crippen molar-refractivity contribution in [2.45, 2.75) is 45.4 Å². The monoisotopic (exact) mass is 398 g/mol. The lowest BCUT2D eigenvalue weighted by atomic mass is 9.91. The van der Waals surface area contributed by atoms with Gasteiger partial charge in [0.15, 0.2) is 0 Å². The summed E-state index contributed by atoms with van der Waals surface area (Å²) in [5.41, 5.74) is 0.628. The van der Waals surface area contributed by atoms with Gasteiger partial charge in [0.2, 0.25) is 0 Å². The normalized spacial score (nSPS) is 13.9. The van der Waals surface area contributed by atoms with Crippen LogP contribution in [0.3, 0.4) is 0 Å². The second kappa shape index (κ2) is 9.82. The third-order valence-corrected chi connectivity index (χ3v) is 5.02. The van der Waals surface area contributed by atoms with Gasteiger partial charge in [-0.3, -0.25) is 9.59 Å². The van der Waals surface area contributed by atoms with E-state index >= 15 is 0 Å². The largest absolute Gasteiger partial charge is 0.462 e. The molecule has 0 radical (unpaired) electrons. The van der Waals surface area contributed by atoms with Crippen LogP contribution in [-0.2, 0) is 19.1 Å². The first-order valence-corrected chi connectivity index (χ1v) is 9.22. The summed E-state index contributed by atoms with van der Waals surface area (Å²) in [7, 11) is 0. The Labute approximate surface area is 153 Å². The standard InChI is InChI=1S/C19H27BrO4/c1-5-19(3,4)18(22)24-12-11-23-17(21)14(2)13-16(20)15-9-7-6-8-10-15/h6-10,14,16H,5,11-13H2,1-4H3. The smallest absolute Gasteiger partial charge is 0.311 e. The zero-order valence-electron chi connectivity index (χ0n) is 14.9. The van der Waals surface area contributed by atoms with E-state index in [2.05, 4.69) is 15.9 Å². The van der Waals surface area contributed by atoms with Gasteiger partial charge in [-0.05, 0) is 32.3 Å². The maximum atomic E-state index is 12.0. The van der Waals surface area contributed by atoms with Gasteiger partial charge in [0.1, 0.15) is 13.2 Å². The third-order valence-electron chi connectivity index (χ3n) is 4.12. The number of carbonyl (C=O) groups is 2. The zero-order valence-corrected chi connectivity index (χ0v) is 16.5. The number of esters is 2. The van der Waals surface area contributed by atoms with E-state index in [1.54, 1.807) is 0 Å². The molecular formula is C19H27BrO4. The molecule has 0 bridgehead atoms. The lowest BCUT2D eigenvalue weighted by Crippen LogP contribution is -2.27. The summed E-state index contributed by atoms with van der Waals surface area (Å²) in [4.78, 5) is 23.9. The minimum atomic E-state index is -0.504. The van der Waals surface area contributed by atoms with Gasteiger partial charge in [-0.1, -0.05) is 60.1 Å². The molecule has 0 amide bonds. The van der Waals surface area contributed by atoms with Crippen LogP contribution in [0.2, 0.25) is 0 Å². The average molecular weight is 399 g/mol. The molecule has 0 aromatic heterocycles. The molecule has 1 rings (SSSR count). The molecule has 0 fully saturated rings. The van der Waals surface area contributed by atoms with Crippen molar-refractivity contribution in [1.82, 2.24) is 0 Å². The van der Waals surface area contributed by atoms with Crippen LogP contribution in [-0.4, -0.2) is 25.2 Å². The highest BCUT2D eigenvalue weighted by Crippen LogP contribution is 2.30. The van der Waals surface area contributed by atoms with Crippen LogP contribution in [0.4, 0.5) is 0 Å². The Balaban J connectivity index is 2.31. The number of benzene rings is 1. The van der Waals surface area contributed by atoms with Crippen LogP contribution < -0.4 is 0 Å². The van der Waals surface area contributed by atoms with Crippen LogP contribution in [0.25, 0.3) is 0 Å². The van der Waals surface area contributed by atoms with E-state index < -0.39 is 5.41 Å². The second-order valence-corrected chi connectivity index (χ2v) is 7.66. The highest BCUT2D eigenvalue weighted by Gasteiger charge is 2.27. The predicted octanol–water partition coefficient (Wildman–Crippen LogP) is 4.67. The highest BCUT2D eigenvalue weighted by atomic mass is 79.9. The molecule has 2 unspecified atom stereocenters. The molecule has 24 heavy (non-hydrogen) atoms. The number of alkyl halides is 1. The van der Waals surface area contributed by atoms with Gasteiger partial charge < -0.3 is 9.47 Å². The minimum absolute atomic E-state index is 0.0903. The molecule has 0 aliphatic heterocycles. The summed E-state index contributed by atoms with van der Waals surface area (Å²) in [6.07, 6.45) is 1.35. The quantitative estimate of drug-likeness (QED) is 0.344. The molecule has 0 spiro atoms. The van der Waals surface area contributed by atoms with Gasteiger partial charge in [-0.25, -0.2) is 0 Å². The van der Waals surface area contributed by atoms with Crippen molar-refractivity contribution in [1.29, 1.82) is 0 Å². The number of halogens is 1. The predicted molar refractivity (Wildman–Crippen MR) is 97.9 cm³/mol. The van der Waals surface area contributed by atoms with Crippen molar-refractivity contribution in [3.8, 4) is 0 Å². The molecule has 134 valence electrons. The van der Waals surface area contributed by atoms with Gasteiger partial charge in [0.25, 0.3) is 0 Å². The van der Waals surface area contributed by atoms with E-state index in [4.69, 9.17) is 9.47 Å². The topological polar surface area (TPSA) is 52.6 Å². The summed E-state index contributed by atoms with van der Waals surface area (Å²) >= 11 is 3.61. The fraction of sp³-hybridized carbons (Fsp3) is 0.579. The Bertz CT molecular complexity index is 527. The number of ether oxygens (including phenoxy) is 2. The van der Waals surface area contributed by atoms with Gasteiger partial charge >= 0.3 is 11.9 Å². The molecule has 4 nitrogen and oxygen atoms in total. The molecule has 2 atom stereocenters. The van der Waals surface area contributed by atoms with Crippen molar-refractivity contribution in [3.63, 3.8) is 0 Å². The maximum absolute atomic E-state index is 12.0. The lowest BCUT2D eigenvalue weighted by Gasteiger charge is -2.20. The van der Waals surface area contributed by atoms with E-state index in [-0.39, 0.29) is 35.9 Å². The number of hydrogen-bond acceptors (Lipinski definition) is 4. The van der Waals surface area contributed by atoms with Crippen molar-refractivity contribution >= 4 is 27.9 Å². The number of rotatable bonds is 9. The molecule has 0 saturated heterocycles. The Kier molecular flexibility index (Phi) is 8.46. The lowest BCUT2D eigenvalue weighted by molar-refractivity contribution is -0.160. The molecule has 1 aromatic carbocycles. The average Bonchev–Trinajstić information content (AvgIpc) is 2.58. The summed E-state index contributed by atoms with van der Waals surface area (Å²) < 4.78 is 10.4. The van der Waals surface area contributed by atoms with E-state index in [0.29, 0.717) is 12.8 Å². The van der Waals surface area contributed by atoms with E-state index in [1.165, 1.54) is 0 Å². The minimum Gasteiger partial charge on any atom is -0.462 e. The van der Waals surface area contributed by atoms with Gasteiger partial charge in [-0.2, -0.15) is 0 Å². The second-order valence-electron chi connectivity index (χ2n) is 6.56. The molecule has 0 aliphatic carbocycles. The molecule has 0 aliphatic rings. The molecule has 0 heterocycles. The Morgan fingerprint density at radius 2 is 1.71 bits per heavy atom. The zero-order chi connectivity index (χ0) is 18.2. The maximum Gasteiger partial charge on any atom is 0.311 e. The molecule has 0 N–H and O–H groups in total. The fourth-order valence-electron chi connectivity index (χ4n) is 1.96. The summed E-state index contributed by atoms with van der Waals surface area (Å²) in [5, 5.41) is 0. The van der Waals surface area contributed by atoms with Gasteiger partial charge in [0, 0.05) is 4.83 Å². The molecule has 0 saturated carbocycles. The first-order valence-electron chi connectivity index (χ1n) is 8.30. The first-order chi connectivity index (χ1) is 11.3. The summed E-state index contributed by atoms with van der Waals surface area (Å²) in [6.45, 7) is 7.63. The summed E-state index contributed by atoms with van der Waals surface area (Å²) in [6, 6.07) is 9.94. The van der Waals surface area contributed by atoms with E-state index in [1.807, 2.05) is 58.0 Å². The van der Waals surface area contributed by atoms with Gasteiger partial charge in [0.05, 0.1) is 11.3 Å². The Morgan fingerprint density at radius 3 is 2.29 bits per heavy atom. The van der Waals surface area contributed by atoms with Crippen molar-refractivity contribution < 1.29 is 19.1 Å². The van der Waals surface area contributed by atoms with Crippen LogP contribution in [0, 0.1) is 11.3 Å². The van der Waals surface area contributed by atoms with Crippen LogP contribution >= 0.6 is 15.9 Å². The Morgan fingerprint density at radius 1 is 1.12 bits per heavy atom. The van der Waals surface area contributed by atoms with Crippen LogP contribution in [0.1, 0.15) is 50.9 Å². The highest BCUT2D eigenvalue weighted by molar-refractivity contribution is 9.09. The van der Waals surface area contributed by atoms with Gasteiger partial charge in [-0.15, -0.1) is 0 Å². The third kappa shape index (κ3) is 6.63. The van der Waals surface area contributed by atoms with Crippen LogP contribution in [0.15, 0.2) is 30.3 Å². The van der Waals surface area contributed by atoms with Crippen molar-refractivity contribution in [2.24, 2.45) is 11.3 Å². The van der Waals surface area contributed by atoms with Crippen molar-refractivity contribution in [2.75, 3.05) is 13.2 Å². The fourth-order valence-corrected chi connectivity index (χ4v) is 2.83. The molecular weight excluding hydrogens is 372 g/mol. The summed E-state index contributed by atoms with van der Waals surface area (Å²) in [5.74, 6) is -0.780. The van der Waals surface area contributed by atoms with E-state index in [0.717, 1.165) is 5.56 Å². The Hall–Kier alpha value is -1.36. The SMILES string of the molecule is CCC(C)(C)C(=O)OCCOC(=O)C(C)CC(Br)c1ccccc1.